The molecule has 0 unspecified atom stereocenters. The lowest BCUT2D eigenvalue weighted by molar-refractivity contribution is -0.121. The summed E-state index contributed by atoms with van der Waals surface area (Å²) in [5.74, 6) is -0.0644. The highest BCUT2D eigenvalue weighted by atomic mass is 16.2. The molecule has 2 rings (SSSR count). The van der Waals surface area contributed by atoms with Crippen LogP contribution in [0.25, 0.3) is 0 Å². The summed E-state index contributed by atoms with van der Waals surface area (Å²) in [7, 11) is 0. The highest BCUT2D eigenvalue weighted by molar-refractivity contribution is 5.83. The van der Waals surface area contributed by atoms with Crippen LogP contribution in [-0.4, -0.2) is 24.0 Å². The standard InChI is InChI=1S/C19H27N3O/c1-15(2)22(17-10-6-5-9-16(17)3)13-18(23)21-19(14-20)11-7-4-8-12-19/h5-6,9-10,15H,4,7-8,11-13H2,1-3H3,(H,21,23). The molecule has 1 aliphatic carbocycles. The van der Waals surface area contributed by atoms with E-state index in [0.29, 0.717) is 0 Å². The molecule has 0 aromatic heterocycles. The van der Waals surface area contributed by atoms with E-state index in [1.807, 2.05) is 18.2 Å². The average Bonchev–Trinajstić information content (AvgIpc) is 2.54. The number of benzene rings is 1. The highest BCUT2D eigenvalue weighted by Gasteiger charge is 2.34. The Morgan fingerprint density at radius 3 is 2.52 bits per heavy atom. The van der Waals surface area contributed by atoms with Gasteiger partial charge in [0.1, 0.15) is 5.54 Å². The lowest BCUT2D eigenvalue weighted by atomic mass is 9.83. The first kappa shape index (κ1) is 17.3. The summed E-state index contributed by atoms with van der Waals surface area (Å²) in [5.41, 5.74) is 1.57. The van der Waals surface area contributed by atoms with Crippen molar-refractivity contribution in [2.45, 2.75) is 64.5 Å². The van der Waals surface area contributed by atoms with E-state index in [9.17, 15) is 10.1 Å². The van der Waals surface area contributed by atoms with Gasteiger partial charge < -0.3 is 10.2 Å². The van der Waals surface area contributed by atoms with Gasteiger partial charge in [0, 0.05) is 11.7 Å². The molecule has 1 amide bonds. The second kappa shape index (κ2) is 7.50. The van der Waals surface area contributed by atoms with E-state index in [4.69, 9.17) is 0 Å². The Morgan fingerprint density at radius 1 is 1.30 bits per heavy atom. The van der Waals surface area contributed by atoms with Crippen LogP contribution in [0.2, 0.25) is 0 Å². The molecule has 1 aromatic carbocycles. The zero-order valence-corrected chi connectivity index (χ0v) is 14.4. The molecule has 1 aromatic rings. The quantitative estimate of drug-likeness (QED) is 0.904. The smallest absolute Gasteiger partial charge is 0.240 e. The van der Waals surface area contributed by atoms with Crippen molar-refractivity contribution in [2.75, 3.05) is 11.4 Å². The van der Waals surface area contributed by atoms with Crippen molar-refractivity contribution < 1.29 is 4.79 Å². The Bertz CT molecular complexity index is 583. The van der Waals surface area contributed by atoms with Crippen molar-refractivity contribution >= 4 is 11.6 Å². The third-order valence-electron chi connectivity index (χ3n) is 4.66. The van der Waals surface area contributed by atoms with Crippen LogP contribution < -0.4 is 10.2 Å². The first-order valence-corrected chi connectivity index (χ1v) is 8.52. The molecule has 4 nitrogen and oxygen atoms in total. The summed E-state index contributed by atoms with van der Waals surface area (Å²) < 4.78 is 0. The van der Waals surface area contributed by atoms with Crippen molar-refractivity contribution in [1.29, 1.82) is 5.26 Å². The number of nitrogens with one attached hydrogen (secondary N) is 1. The lowest BCUT2D eigenvalue weighted by Crippen LogP contribution is -2.52. The Morgan fingerprint density at radius 2 is 1.96 bits per heavy atom. The summed E-state index contributed by atoms with van der Waals surface area (Å²) in [5, 5.41) is 12.5. The van der Waals surface area contributed by atoms with Gasteiger partial charge in [-0.05, 0) is 45.2 Å². The van der Waals surface area contributed by atoms with Crippen molar-refractivity contribution in [3.63, 3.8) is 0 Å². The first-order chi connectivity index (χ1) is 11.0. The molecular formula is C19H27N3O. The van der Waals surface area contributed by atoms with Crippen molar-refractivity contribution in [2.24, 2.45) is 0 Å². The van der Waals surface area contributed by atoms with Crippen LogP contribution in [-0.2, 0) is 4.79 Å². The Hall–Kier alpha value is -2.02. The van der Waals surface area contributed by atoms with Crippen LogP contribution in [0.15, 0.2) is 24.3 Å². The van der Waals surface area contributed by atoms with Crippen LogP contribution in [0, 0.1) is 18.3 Å². The number of hydrogen-bond donors (Lipinski definition) is 1. The van der Waals surface area contributed by atoms with Gasteiger partial charge in [-0.2, -0.15) is 5.26 Å². The molecule has 0 radical (unpaired) electrons. The first-order valence-electron chi connectivity index (χ1n) is 8.52. The third-order valence-corrected chi connectivity index (χ3v) is 4.66. The number of carbonyl (C=O) groups is 1. The second-order valence-corrected chi connectivity index (χ2v) is 6.81. The van der Waals surface area contributed by atoms with Gasteiger partial charge in [0.2, 0.25) is 5.91 Å². The zero-order valence-electron chi connectivity index (χ0n) is 14.4. The van der Waals surface area contributed by atoms with Crippen LogP contribution in [0.4, 0.5) is 5.69 Å². The number of para-hydroxylation sites is 1. The van der Waals surface area contributed by atoms with Gasteiger partial charge in [0.15, 0.2) is 0 Å². The normalized spacial score (nSPS) is 16.7. The lowest BCUT2D eigenvalue weighted by Gasteiger charge is -2.34. The molecule has 0 atom stereocenters. The van der Waals surface area contributed by atoms with Gasteiger partial charge in [-0.25, -0.2) is 0 Å². The predicted molar refractivity (Wildman–Crippen MR) is 93.2 cm³/mol. The third kappa shape index (κ3) is 4.25. The fourth-order valence-electron chi connectivity index (χ4n) is 3.31. The number of rotatable bonds is 5. The maximum absolute atomic E-state index is 12.6. The maximum atomic E-state index is 12.6. The Labute approximate surface area is 139 Å². The van der Waals surface area contributed by atoms with E-state index >= 15 is 0 Å². The highest BCUT2D eigenvalue weighted by Crippen LogP contribution is 2.28. The molecule has 0 saturated heterocycles. The summed E-state index contributed by atoms with van der Waals surface area (Å²) in [4.78, 5) is 14.7. The molecule has 23 heavy (non-hydrogen) atoms. The largest absolute Gasteiger partial charge is 0.360 e. The zero-order chi connectivity index (χ0) is 16.9. The van der Waals surface area contributed by atoms with Gasteiger partial charge >= 0.3 is 0 Å². The maximum Gasteiger partial charge on any atom is 0.240 e. The van der Waals surface area contributed by atoms with Crippen molar-refractivity contribution in [3.8, 4) is 6.07 Å². The number of carbonyl (C=O) groups excluding carboxylic acids is 1. The van der Waals surface area contributed by atoms with Gasteiger partial charge in [0.25, 0.3) is 0 Å². The molecule has 0 spiro atoms. The monoisotopic (exact) mass is 313 g/mol. The molecule has 1 fully saturated rings. The summed E-state index contributed by atoms with van der Waals surface area (Å²) >= 11 is 0. The molecule has 4 heteroatoms. The Balaban J connectivity index is 2.10. The Kier molecular flexibility index (Phi) is 5.65. The van der Waals surface area contributed by atoms with Crippen LogP contribution in [0.3, 0.4) is 0 Å². The number of nitriles is 1. The molecular weight excluding hydrogens is 286 g/mol. The molecule has 1 aliphatic rings. The second-order valence-electron chi connectivity index (χ2n) is 6.81. The average molecular weight is 313 g/mol. The van der Waals surface area contributed by atoms with Crippen molar-refractivity contribution in [3.05, 3.63) is 29.8 Å². The van der Waals surface area contributed by atoms with Crippen LogP contribution in [0.5, 0.6) is 0 Å². The minimum atomic E-state index is -0.663. The summed E-state index contributed by atoms with van der Waals surface area (Å²) in [6.07, 6.45) is 4.71. The van der Waals surface area contributed by atoms with Gasteiger partial charge in [-0.3, -0.25) is 4.79 Å². The predicted octanol–water partition coefficient (Wildman–Crippen LogP) is 3.55. The molecule has 0 bridgehead atoms. The molecule has 0 heterocycles. The van der Waals surface area contributed by atoms with E-state index < -0.39 is 5.54 Å². The minimum Gasteiger partial charge on any atom is -0.360 e. The topological polar surface area (TPSA) is 56.1 Å². The fourth-order valence-corrected chi connectivity index (χ4v) is 3.31. The summed E-state index contributed by atoms with van der Waals surface area (Å²) in [6.45, 7) is 6.51. The summed E-state index contributed by atoms with van der Waals surface area (Å²) in [6, 6.07) is 10.7. The number of aryl methyl sites for hydroxylation is 1. The number of hydrogen-bond acceptors (Lipinski definition) is 3. The van der Waals surface area contributed by atoms with Crippen LogP contribution in [0.1, 0.15) is 51.5 Å². The van der Waals surface area contributed by atoms with Crippen molar-refractivity contribution in [1.82, 2.24) is 5.32 Å². The minimum absolute atomic E-state index is 0.0644. The van der Waals surface area contributed by atoms with Gasteiger partial charge in [0.05, 0.1) is 12.6 Å². The van der Waals surface area contributed by atoms with E-state index in [1.54, 1.807) is 0 Å². The fraction of sp³-hybridized carbons (Fsp3) is 0.579. The molecule has 0 aliphatic heterocycles. The van der Waals surface area contributed by atoms with E-state index in [1.165, 1.54) is 0 Å². The molecule has 1 saturated carbocycles. The van der Waals surface area contributed by atoms with Gasteiger partial charge in [-0.15, -0.1) is 0 Å². The molecule has 1 N–H and O–H groups in total. The van der Waals surface area contributed by atoms with Gasteiger partial charge in [-0.1, -0.05) is 37.5 Å². The SMILES string of the molecule is Cc1ccccc1N(CC(=O)NC1(C#N)CCCCC1)C(C)C. The van der Waals surface area contributed by atoms with E-state index in [2.05, 4.69) is 43.1 Å². The molecule has 124 valence electrons. The number of anilines is 1. The van der Waals surface area contributed by atoms with E-state index in [0.717, 1.165) is 43.4 Å². The van der Waals surface area contributed by atoms with E-state index in [-0.39, 0.29) is 18.5 Å². The number of nitrogens with zero attached hydrogens (tertiary/aromatic N) is 2. The number of amides is 1. The van der Waals surface area contributed by atoms with Crippen LogP contribution >= 0.6 is 0 Å².